The molecule has 1 aromatic carbocycles. The number of carbonyl (C=O) groups is 2. The van der Waals surface area contributed by atoms with E-state index >= 15 is 0 Å². The molecule has 2 rings (SSSR count). The van der Waals surface area contributed by atoms with Crippen LogP contribution in [0.3, 0.4) is 0 Å². The quantitative estimate of drug-likeness (QED) is 0.267. The summed E-state index contributed by atoms with van der Waals surface area (Å²) in [6.45, 7) is 6.60. The van der Waals surface area contributed by atoms with Gasteiger partial charge in [0.1, 0.15) is 5.75 Å². The minimum atomic E-state index is -0.513. The van der Waals surface area contributed by atoms with E-state index in [9.17, 15) is 9.59 Å². The Labute approximate surface area is 194 Å². The Morgan fingerprint density at radius 3 is 2.63 bits per heavy atom. The molecule has 0 bridgehead atoms. The summed E-state index contributed by atoms with van der Waals surface area (Å²) in [6, 6.07) is 7.66. The summed E-state index contributed by atoms with van der Waals surface area (Å²) >= 11 is 0. The average molecular weight is 533 g/mol. The molecule has 1 fully saturated rings. The highest BCUT2D eigenvalue weighted by Gasteiger charge is 2.24. The highest BCUT2D eigenvalue weighted by Crippen LogP contribution is 2.14. The van der Waals surface area contributed by atoms with Gasteiger partial charge in [-0.15, -0.1) is 24.0 Å². The zero-order chi connectivity index (χ0) is 21.1. The third-order valence-electron chi connectivity index (χ3n) is 4.41. The van der Waals surface area contributed by atoms with Gasteiger partial charge in [-0.2, -0.15) is 0 Å². The van der Waals surface area contributed by atoms with Crippen LogP contribution in [0.4, 0.5) is 4.79 Å². The first kappa shape index (κ1) is 25.8. The van der Waals surface area contributed by atoms with Gasteiger partial charge in [0.05, 0.1) is 13.2 Å². The number of rotatable bonds is 8. The summed E-state index contributed by atoms with van der Waals surface area (Å²) in [6.07, 6.45) is 1.42. The van der Waals surface area contributed by atoms with E-state index in [1.54, 1.807) is 11.0 Å². The van der Waals surface area contributed by atoms with Crippen molar-refractivity contribution in [2.24, 2.45) is 10.7 Å². The van der Waals surface area contributed by atoms with Crippen molar-refractivity contribution in [2.75, 3.05) is 32.8 Å². The molecule has 0 radical (unpaired) electrons. The molecular weight excluding hydrogens is 501 g/mol. The van der Waals surface area contributed by atoms with Crippen LogP contribution in [-0.2, 0) is 16.1 Å². The van der Waals surface area contributed by atoms with Gasteiger partial charge in [0.15, 0.2) is 12.6 Å². The number of carbonyl (C=O) groups excluding carboxylic acids is 2. The van der Waals surface area contributed by atoms with Crippen LogP contribution < -0.4 is 21.1 Å². The van der Waals surface area contributed by atoms with Crippen LogP contribution in [0.1, 0.15) is 32.3 Å². The lowest BCUT2D eigenvalue weighted by atomic mass is 10.1. The van der Waals surface area contributed by atoms with Crippen molar-refractivity contribution in [1.29, 1.82) is 0 Å². The number of benzene rings is 1. The third kappa shape index (κ3) is 9.06. The predicted octanol–water partition coefficient (Wildman–Crippen LogP) is 1.84. The number of ether oxygens (including phenoxy) is 2. The third-order valence-corrected chi connectivity index (χ3v) is 4.41. The van der Waals surface area contributed by atoms with Gasteiger partial charge < -0.3 is 30.7 Å². The van der Waals surface area contributed by atoms with Gasteiger partial charge in [0, 0.05) is 25.7 Å². The molecule has 168 valence electrons. The standard InChI is InChI=1S/C20H31N5O4.HI/c1-3-22-19(24-16-8-10-25(11-9-16)20(27)28-4-2)23-13-15-6-5-7-17(12-15)29-14-18(21)26;/h5-7,12,16H,3-4,8-11,13-14H2,1-2H3,(H2,21,26)(H2,22,23,24);1H. The number of nitrogens with zero attached hydrogens (tertiary/aromatic N) is 2. The van der Waals surface area contributed by atoms with Crippen molar-refractivity contribution in [3.05, 3.63) is 29.8 Å². The molecule has 9 nitrogen and oxygen atoms in total. The smallest absolute Gasteiger partial charge is 0.409 e. The second-order valence-electron chi connectivity index (χ2n) is 6.70. The molecule has 0 unspecified atom stereocenters. The van der Waals surface area contributed by atoms with E-state index in [0.717, 1.165) is 30.9 Å². The van der Waals surface area contributed by atoms with E-state index < -0.39 is 5.91 Å². The topological polar surface area (TPSA) is 118 Å². The molecule has 0 spiro atoms. The van der Waals surface area contributed by atoms with E-state index in [0.29, 0.717) is 32.0 Å². The number of primary amides is 1. The number of nitrogens with one attached hydrogen (secondary N) is 2. The number of likely N-dealkylation sites (tertiary alicyclic amines) is 1. The Bertz CT molecular complexity index is 708. The number of hydrogen-bond acceptors (Lipinski definition) is 5. The lowest BCUT2D eigenvalue weighted by Gasteiger charge is -2.32. The molecule has 1 saturated heterocycles. The van der Waals surface area contributed by atoms with E-state index in [4.69, 9.17) is 15.2 Å². The molecule has 2 amide bonds. The van der Waals surface area contributed by atoms with Crippen molar-refractivity contribution in [2.45, 2.75) is 39.3 Å². The minimum Gasteiger partial charge on any atom is -0.484 e. The number of halogens is 1. The summed E-state index contributed by atoms with van der Waals surface area (Å²) in [7, 11) is 0. The number of hydrogen-bond donors (Lipinski definition) is 3. The van der Waals surface area contributed by atoms with Crippen LogP contribution in [0.25, 0.3) is 0 Å². The highest BCUT2D eigenvalue weighted by molar-refractivity contribution is 14.0. The molecule has 0 saturated carbocycles. The number of nitrogens with two attached hydrogens (primary N) is 1. The van der Waals surface area contributed by atoms with Crippen LogP contribution >= 0.6 is 24.0 Å². The molecular formula is C20H32IN5O4. The summed E-state index contributed by atoms with van der Waals surface area (Å²) in [5.41, 5.74) is 6.07. The molecule has 4 N–H and O–H groups in total. The van der Waals surface area contributed by atoms with Gasteiger partial charge in [0.25, 0.3) is 5.91 Å². The first-order valence-corrected chi connectivity index (χ1v) is 9.98. The van der Waals surface area contributed by atoms with Gasteiger partial charge in [-0.1, -0.05) is 12.1 Å². The Morgan fingerprint density at radius 2 is 2.00 bits per heavy atom. The minimum absolute atomic E-state index is 0. The van der Waals surface area contributed by atoms with Crippen molar-refractivity contribution in [3.8, 4) is 5.75 Å². The molecule has 0 aliphatic carbocycles. The Hall–Kier alpha value is -2.24. The number of guanidine groups is 1. The fourth-order valence-electron chi connectivity index (χ4n) is 2.99. The van der Waals surface area contributed by atoms with E-state index in [1.165, 1.54) is 0 Å². The summed E-state index contributed by atoms with van der Waals surface area (Å²) < 4.78 is 10.4. The molecule has 1 aromatic rings. The van der Waals surface area contributed by atoms with Gasteiger partial charge in [-0.3, -0.25) is 4.79 Å². The summed E-state index contributed by atoms with van der Waals surface area (Å²) in [5.74, 6) is 0.799. The van der Waals surface area contributed by atoms with Crippen molar-refractivity contribution in [1.82, 2.24) is 15.5 Å². The van der Waals surface area contributed by atoms with Gasteiger partial charge in [0.2, 0.25) is 0 Å². The Morgan fingerprint density at radius 1 is 1.27 bits per heavy atom. The van der Waals surface area contributed by atoms with Crippen molar-refractivity contribution >= 4 is 41.9 Å². The SMILES string of the molecule is CCNC(=NCc1cccc(OCC(N)=O)c1)NC1CCN(C(=O)OCC)CC1.I. The highest BCUT2D eigenvalue weighted by atomic mass is 127. The molecule has 30 heavy (non-hydrogen) atoms. The fourth-order valence-corrected chi connectivity index (χ4v) is 2.99. The number of amides is 2. The second-order valence-corrected chi connectivity index (χ2v) is 6.70. The van der Waals surface area contributed by atoms with Crippen molar-refractivity contribution < 1.29 is 19.1 Å². The number of piperidine rings is 1. The average Bonchev–Trinajstić information content (AvgIpc) is 2.72. The van der Waals surface area contributed by atoms with Crippen LogP contribution in [0.2, 0.25) is 0 Å². The van der Waals surface area contributed by atoms with Crippen LogP contribution in [-0.4, -0.2) is 61.7 Å². The largest absolute Gasteiger partial charge is 0.484 e. The van der Waals surface area contributed by atoms with Gasteiger partial charge in [-0.05, 0) is 44.4 Å². The summed E-state index contributed by atoms with van der Waals surface area (Å²) in [5, 5.41) is 6.69. The van der Waals surface area contributed by atoms with Crippen LogP contribution in [0.15, 0.2) is 29.3 Å². The fraction of sp³-hybridized carbons (Fsp3) is 0.550. The summed E-state index contributed by atoms with van der Waals surface area (Å²) in [4.78, 5) is 29.0. The first-order valence-electron chi connectivity index (χ1n) is 9.98. The predicted molar refractivity (Wildman–Crippen MR) is 126 cm³/mol. The molecule has 10 heteroatoms. The molecule has 0 atom stereocenters. The maximum absolute atomic E-state index is 11.8. The van der Waals surface area contributed by atoms with E-state index in [-0.39, 0.29) is 42.7 Å². The number of aliphatic imine (C=N–C) groups is 1. The van der Waals surface area contributed by atoms with E-state index in [1.807, 2.05) is 32.0 Å². The molecule has 1 aliphatic rings. The van der Waals surface area contributed by atoms with Crippen molar-refractivity contribution in [3.63, 3.8) is 0 Å². The Kier molecular flexibility index (Phi) is 11.9. The maximum atomic E-state index is 11.8. The normalized spacial score (nSPS) is 14.5. The second kappa shape index (κ2) is 13.9. The van der Waals surface area contributed by atoms with Gasteiger partial charge >= 0.3 is 6.09 Å². The molecule has 1 heterocycles. The molecule has 1 aliphatic heterocycles. The first-order chi connectivity index (χ1) is 14.0. The van der Waals surface area contributed by atoms with Crippen LogP contribution in [0, 0.1) is 0 Å². The lowest BCUT2D eigenvalue weighted by Crippen LogP contribution is -2.49. The lowest BCUT2D eigenvalue weighted by molar-refractivity contribution is -0.119. The van der Waals surface area contributed by atoms with Gasteiger partial charge in [-0.25, -0.2) is 9.79 Å². The zero-order valence-corrected chi connectivity index (χ0v) is 19.9. The molecule has 0 aromatic heterocycles. The zero-order valence-electron chi connectivity index (χ0n) is 17.6. The Balaban J connectivity index is 0.00000450. The van der Waals surface area contributed by atoms with E-state index in [2.05, 4.69) is 15.6 Å². The monoisotopic (exact) mass is 533 g/mol. The van der Waals surface area contributed by atoms with Crippen LogP contribution in [0.5, 0.6) is 5.75 Å². The maximum Gasteiger partial charge on any atom is 0.409 e.